The molecule has 0 saturated heterocycles. The number of rotatable bonds is 8. The zero-order chi connectivity index (χ0) is 31.9. The van der Waals surface area contributed by atoms with Gasteiger partial charge in [0.15, 0.2) is 0 Å². The van der Waals surface area contributed by atoms with Gasteiger partial charge in [-0.1, -0.05) is 18.5 Å². The predicted octanol–water partition coefficient (Wildman–Crippen LogP) is 3.83. The number of nitrogens with zero attached hydrogens (tertiary/aromatic N) is 2. The van der Waals surface area contributed by atoms with Crippen LogP contribution >= 0.6 is 11.6 Å². The second-order valence-corrected chi connectivity index (χ2v) is 15.4. The molecule has 14 heteroatoms. The Balaban J connectivity index is 1.98. The molecule has 0 aromatic heterocycles. The normalized spacial score (nSPS) is 21.9. The first-order valence-corrected chi connectivity index (χ1v) is 17.9. The molecule has 2 N–H and O–H groups in total. The van der Waals surface area contributed by atoms with Crippen LogP contribution in [-0.2, 0) is 24.8 Å². The summed E-state index contributed by atoms with van der Waals surface area (Å²) in [6.07, 6.45) is 2.34. The smallest absolute Gasteiger partial charge is 0.258 e. The Morgan fingerprint density at radius 1 is 1.12 bits per heavy atom. The molecule has 43 heavy (non-hydrogen) atoms. The van der Waals surface area contributed by atoms with E-state index in [9.17, 15) is 26.7 Å². The van der Waals surface area contributed by atoms with E-state index in [0.717, 1.165) is 12.7 Å². The van der Waals surface area contributed by atoms with Crippen LogP contribution in [0.2, 0.25) is 5.02 Å². The molecule has 11 nitrogen and oxygen atoms in total. The fourth-order valence-electron chi connectivity index (χ4n) is 4.80. The molecule has 2 aromatic carbocycles. The second kappa shape index (κ2) is 15.0. The average molecular weight is 660 g/mol. The third-order valence-electron chi connectivity index (χ3n) is 7.31. The number of aliphatic hydroxyl groups excluding tert-OH is 1. The average Bonchev–Trinajstić information content (AvgIpc) is 2.93. The molecule has 0 radical (unpaired) electrons. The number of sulfonamides is 2. The molecule has 240 valence electrons. The van der Waals surface area contributed by atoms with Crippen molar-refractivity contribution in [1.82, 2.24) is 9.21 Å². The summed E-state index contributed by atoms with van der Waals surface area (Å²) in [6.45, 7) is 5.66. The van der Waals surface area contributed by atoms with E-state index >= 15 is 0 Å². The minimum Gasteiger partial charge on any atom is -0.490 e. The summed E-state index contributed by atoms with van der Waals surface area (Å²) in [5.74, 6) is -0.520. The highest BCUT2D eigenvalue weighted by Crippen LogP contribution is 2.29. The molecule has 0 bridgehead atoms. The number of carbonyl (C=O) groups is 1. The maximum absolute atomic E-state index is 14.1. The number of anilines is 1. The van der Waals surface area contributed by atoms with Crippen molar-refractivity contribution in [2.75, 3.05) is 44.3 Å². The third-order valence-corrected chi connectivity index (χ3v) is 10.0. The molecule has 0 unspecified atom stereocenters. The van der Waals surface area contributed by atoms with E-state index in [1.807, 2.05) is 13.8 Å². The van der Waals surface area contributed by atoms with Crippen LogP contribution in [0.25, 0.3) is 0 Å². The highest BCUT2D eigenvalue weighted by Gasteiger charge is 2.32. The maximum atomic E-state index is 14.1. The Morgan fingerprint density at radius 3 is 2.42 bits per heavy atom. The van der Waals surface area contributed by atoms with Crippen LogP contribution < -0.4 is 9.46 Å². The number of hydrogen-bond acceptors (Lipinski definition) is 8. The van der Waals surface area contributed by atoms with Gasteiger partial charge in [-0.05, 0) is 75.6 Å². The quantitative estimate of drug-likeness (QED) is 0.436. The molecule has 0 saturated carbocycles. The SMILES string of the molecule is C[C@@H]1CCCCO[C@H](CN(C)S(=O)(=O)c2ccc(Cl)cc2)[C@@H](C)CN([C@@H](C)CO)C(=O)c2cc(NS(C)(=O)=O)ccc2O1. The summed E-state index contributed by atoms with van der Waals surface area (Å²) in [6, 6.07) is 9.84. The summed E-state index contributed by atoms with van der Waals surface area (Å²) in [5, 5.41) is 10.5. The van der Waals surface area contributed by atoms with Crippen LogP contribution in [0.5, 0.6) is 5.75 Å². The molecule has 2 aromatic rings. The van der Waals surface area contributed by atoms with E-state index in [1.165, 1.54) is 52.7 Å². The van der Waals surface area contributed by atoms with Crippen LogP contribution in [-0.4, -0.2) is 94.9 Å². The molecule has 1 aliphatic heterocycles. The van der Waals surface area contributed by atoms with E-state index in [0.29, 0.717) is 30.2 Å². The van der Waals surface area contributed by atoms with Crippen molar-refractivity contribution in [3.05, 3.63) is 53.1 Å². The van der Waals surface area contributed by atoms with E-state index in [4.69, 9.17) is 21.1 Å². The largest absolute Gasteiger partial charge is 0.490 e. The standard InChI is InChI=1S/C29H42ClN3O8S2/c1-20-17-33(21(2)19-34)29(35)26-16-24(31-42(5,36)37)11-14-27(26)41-22(3)8-6-7-15-40-28(20)18-32(4)43(38,39)25-12-9-23(30)10-13-25/h9-14,16,20-22,28,31,34H,6-8,15,17-19H2,1-5H3/t20-,21-,22+,28+/m0/s1. The molecule has 0 spiro atoms. The number of halogens is 1. The number of nitrogens with one attached hydrogen (secondary N) is 1. The van der Waals surface area contributed by atoms with Crippen LogP contribution in [0.4, 0.5) is 5.69 Å². The number of likely N-dealkylation sites (N-methyl/N-ethyl adjacent to an activating group) is 1. The van der Waals surface area contributed by atoms with Gasteiger partial charge in [0, 0.05) is 43.4 Å². The van der Waals surface area contributed by atoms with Crippen molar-refractivity contribution in [3.8, 4) is 5.75 Å². The van der Waals surface area contributed by atoms with Crippen molar-refractivity contribution in [1.29, 1.82) is 0 Å². The number of hydrogen-bond donors (Lipinski definition) is 2. The molecule has 1 heterocycles. The van der Waals surface area contributed by atoms with Crippen LogP contribution in [0.3, 0.4) is 0 Å². The Morgan fingerprint density at radius 2 is 1.79 bits per heavy atom. The molecule has 0 aliphatic carbocycles. The van der Waals surface area contributed by atoms with Crippen LogP contribution in [0.1, 0.15) is 50.4 Å². The van der Waals surface area contributed by atoms with Gasteiger partial charge in [-0.15, -0.1) is 0 Å². The summed E-state index contributed by atoms with van der Waals surface area (Å²) in [4.78, 5) is 15.7. The fourth-order valence-corrected chi connectivity index (χ4v) is 6.66. The van der Waals surface area contributed by atoms with E-state index in [2.05, 4.69) is 4.72 Å². The zero-order valence-electron chi connectivity index (χ0n) is 25.2. The van der Waals surface area contributed by atoms with Gasteiger partial charge in [0.25, 0.3) is 5.91 Å². The first-order valence-electron chi connectivity index (χ1n) is 14.2. The molecule has 1 aliphatic rings. The van der Waals surface area contributed by atoms with Gasteiger partial charge >= 0.3 is 0 Å². The number of fused-ring (bicyclic) bond motifs is 1. The Kier molecular flexibility index (Phi) is 12.3. The van der Waals surface area contributed by atoms with Gasteiger partial charge in [0.1, 0.15) is 5.75 Å². The first kappa shape index (κ1) is 35.1. The Bertz CT molecular complexity index is 1450. The monoisotopic (exact) mass is 659 g/mol. The van der Waals surface area contributed by atoms with Crippen LogP contribution in [0, 0.1) is 5.92 Å². The number of carbonyl (C=O) groups excluding carboxylic acids is 1. The van der Waals surface area contributed by atoms with Gasteiger partial charge in [0.2, 0.25) is 20.0 Å². The van der Waals surface area contributed by atoms with Crippen LogP contribution in [0.15, 0.2) is 47.4 Å². The van der Waals surface area contributed by atoms with Gasteiger partial charge in [-0.3, -0.25) is 9.52 Å². The summed E-state index contributed by atoms with van der Waals surface area (Å²) in [7, 11) is -5.98. The highest BCUT2D eigenvalue weighted by atomic mass is 35.5. The molecular formula is C29H42ClN3O8S2. The molecule has 3 rings (SSSR count). The maximum Gasteiger partial charge on any atom is 0.258 e. The van der Waals surface area contributed by atoms with Crippen molar-refractivity contribution < 1.29 is 36.2 Å². The highest BCUT2D eigenvalue weighted by molar-refractivity contribution is 7.92. The number of amides is 1. The second-order valence-electron chi connectivity index (χ2n) is 11.1. The Hall–Kier alpha value is -2.42. The lowest BCUT2D eigenvalue weighted by Crippen LogP contribution is -2.48. The number of ether oxygens (including phenoxy) is 2. The summed E-state index contributed by atoms with van der Waals surface area (Å²) >= 11 is 5.95. The summed E-state index contributed by atoms with van der Waals surface area (Å²) in [5.41, 5.74) is 0.344. The third kappa shape index (κ3) is 9.79. The van der Waals surface area contributed by atoms with Gasteiger partial charge < -0.3 is 19.5 Å². The van der Waals surface area contributed by atoms with Crippen molar-refractivity contribution in [2.24, 2.45) is 5.92 Å². The van der Waals surface area contributed by atoms with Crippen molar-refractivity contribution in [2.45, 2.75) is 63.2 Å². The van der Waals surface area contributed by atoms with E-state index in [-0.39, 0.29) is 47.9 Å². The first-order chi connectivity index (χ1) is 20.1. The molecular weight excluding hydrogens is 618 g/mol. The van der Waals surface area contributed by atoms with E-state index in [1.54, 1.807) is 13.0 Å². The lowest BCUT2D eigenvalue weighted by Gasteiger charge is -2.35. The lowest BCUT2D eigenvalue weighted by molar-refractivity contribution is -0.00833. The molecule has 0 fully saturated rings. The molecule has 4 atom stereocenters. The zero-order valence-corrected chi connectivity index (χ0v) is 27.6. The fraction of sp³-hybridized carbons (Fsp3) is 0.552. The molecule has 1 amide bonds. The van der Waals surface area contributed by atoms with Gasteiger partial charge in [-0.25, -0.2) is 16.8 Å². The van der Waals surface area contributed by atoms with E-state index < -0.39 is 38.1 Å². The van der Waals surface area contributed by atoms with Gasteiger partial charge in [0.05, 0.1) is 41.6 Å². The number of benzene rings is 2. The van der Waals surface area contributed by atoms with Crippen molar-refractivity contribution in [3.63, 3.8) is 0 Å². The van der Waals surface area contributed by atoms with Crippen molar-refractivity contribution >= 4 is 43.2 Å². The minimum absolute atomic E-state index is 0.0280. The Labute approximate surface area is 260 Å². The lowest BCUT2D eigenvalue weighted by atomic mass is 10.0. The topological polar surface area (TPSA) is 143 Å². The summed E-state index contributed by atoms with van der Waals surface area (Å²) < 4.78 is 66.5. The predicted molar refractivity (Wildman–Crippen MR) is 167 cm³/mol. The van der Waals surface area contributed by atoms with Gasteiger partial charge in [-0.2, -0.15) is 4.31 Å². The number of aliphatic hydroxyl groups is 1. The minimum atomic E-state index is -3.85.